The van der Waals surface area contributed by atoms with Crippen molar-refractivity contribution < 1.29 is 9.53 Å². The van der Waals surface area contributed by atoms with Crippen LogP contribution in [0.4, 0.5) is 11.4 Å². The van der Waals surface area contributed by atoms with E-state index in [9.17, 15) is 4.79 Å². The summed E-state index contributed by atoms with van der Waals surface area (Å²) in [5.74, 6) is -0.0730. The fourth-order valence-electron chi connectivity index (χ4n) is 2.04. The first-order valence-corrected chi connectivity index (χ1v) is 7.54. The largest absolute Gasteiger partial charge is 0.423 e. The van der Waals surface area contributed by atoms with Gasteiger partial charge >= 0.3 is 5.97 Å². The molecule has 3 aromatic carbocycles. The van der Waals surface area contributed by atoms with E-state index in [4.69, 9.17) is 10.00 Å². The molecular weight excluding hydrogens is 314 g/mol. The third kappa shape index (κ3) is 4.36. The van der Waals surface area contributed by atoms with Gasteiger partial charge in [-0.15, -0.1) is 0 Å². The van der Waals surface area contributed by atoms with Crippen LogP contribution in [0.3, 0.4) is 0 Å². The molecule has 0 atom stereocenters. The number of ether oxygens (including phenoxy) is 1. The number of rotatable bonds is 4. The third-order valence-electron chi connectivity index (χ3n) is 3.33. The molecule has 0 fully saturated rings. The van der Waals surface area contributed by atoms with Crippen molar-refractivity contribution in [1.82, 2.24) is 0 Å². The van der Waals surface area contributed by atoms with Crippen LogP contribution in [0.15, 0.2) is 89.1 Å². The summed E-state index contributed by atoms with van der Waals surface area (Å²) in [6, 6.07) is 24.4. The quantitative estimate of drug-likeness (QED) is 0.376. The van der Waals surface area contributed by atoms with Gasteiger partial charge < -0.3 is 4.74 Å². The molecule has 0 bridgehead atoms. The lowest BCUT2D eigenvalue weighted by atomic mass is 10.1. The zero-order valence-corrected chi connectivity index (χ0v) is 13.2. The topological polar surface area (TPSA) is 74.8 Å². The highest BCUT2D eigenvalue weighted by Crippen LogP contribution is 2.21. The summed E-state index contributed by atoms with van der Waals surface area (Å²) in [5.41, 5.74) is 2.29. The Balaban J connectivity index is 1.65. The van der Waals surface area contributed by atoms with Gasteiger partial charge in [-0.1, -0.05) is 18.2 Å². The highest BCUT2D eigenvalue weighted by atomic mass is 16.5. The van der Waals surface area contributed by atoms with E-state index in [1.807, 2.05) is 36.4 Å². The number of nitrogens with zero attached hydrogens (tertiary/aromatic N) is 3. The molecule has 5 heteroatoms. The molecule has 0 N–H and O–H groups in total. The molecule has 0 aromatic heterocycles. The van der Waals surface area contributed by atoms with Crippen molar-refractivity contribution in [3.05, 3.63) is 90.0 Å². The van der Waals surface area contributed by atoms with Gasteiger partial charge in [-0.25, -0.2) is 4.79 Å². The normalized spacial score (nSPS) is 10.4. The van der Waals surface area contributed by atoms with Gasteiger partial charge in [-0.2, -0.15) is 15.5 Å². The van der Waals surface area contributed by atoms with Gasteiger partial charge in [-0.05, 0) is 60.7 Å². The molecular formula is C20H13N3O2. The van der Waals surface area contributed by atoms with E-state index in [-0.39, 0.29) is 0 Å². The number of carbonyl (C=O) groups excluding carboxylic acids is 1. The van der Waals surface area contributed by atoms with Crippen molar-refractivity contribution in [3.8, 4) is 11.8 Å². The van der Waals surface area contributed by atoms with Gasteiger partial charge in [0.1, 0.15) is 5.75 Å². The van der Waals surface area contributed by atoms with Crippen LogP contribution >= 0.6 is 0 Å². The summed E-state index contributed by atoms with van der Waals surface area (Å²) in [6.45, 7) is 0. The third-order valence-corrected chi connectivity index (χ3v) is 3.33. The molecule has 0 unspecified atom stereocenters. The molecule has 0 spiro atoms. The number of carbonyl (C=O) groups is 1. The molecule has 0 heterocycles. The summed E-state index contributed by atoms with van der Waals surface area (Å²) in [4.78, 5) is 12.1. The van der Waals surface area contributed by atoms with Gasteiger partial charge in [-0.3, -0.25) is 0 Å². The first kappa shape index (κ1) is 16.1. The van der Waals surface area contributed by atoms with Gasteiger partial charge in [0.15, 0.2) is 0 Å². The van der Waals surface area contributed by atoms with Gasteiger partial charge in [0.05, 0.1) is 28.6 Å². The highest BCUT2D eigenvalue weighted by Gasteiger charge is 2.08. The summed E-state index contributed by atoms with van der Waals surface area (Å²) >= 11 is 0. The Morgan fingerprint density at radius 2 is 1.40 bits per heavy atom. The molecule has 0 aliphatic heterocycles. The van der Waals surface area contributed by atoms with E-state index in [0.717, 1.165) is 5.69 Å². The Bertz CT molecular complexity index is 925. The van der Waals surface area contributed by atoms with E-state index >= 15 is 0 Å². The lowest BCUT2D eigenvalue weighted by Crippen LogP contribution is -2.08. The average Bonchev–Trinajstić information content (AvgIpc) is 2.68. The van der Waals surface area contributed by atoms with Crippen LogP contribution in [0.2, 0.25) is 0 Å². The van der Waals surface area contributed by atoms with Crippen LogP contribution in [0.1, 0.15) is 15.9 Å². The first-order chi connectivity index (χ1) is 12.2. The number of esters is 1. The Labute approximate surface area is 144 Å². The number of azo groups is 1. The van der Waals surface area contributed by atoms with Crippen molar-refractivity contribution in [1.29, 1.82) is 5.26 Å². The van der Waals surface area contributed by atoms with Gasteiger partial charge in [0, 0.05) is 0 Å². The predicted octanol–water partition coefficient (Wildman–Crippen LogP) is 5.19. The second-order valence-electron chi connectivity index (χ2n) is 5.11. The van der Waals surface area contributed by atoms with E-state index in [2.05, 4.69) is 10.2 Å². The lowest BCUT2D eigenvalue weighted by Gasteiger charge is -2.04. The predicted molar refractivity (Wildman–Crippen MR) is 93.2 cm³/mol. The number of nitriles is 1. The monoisotopic (exact) mass is 327 g/mol. The molecule has 3 aromatic rings. The van der Waals surface area contributed by atoms with Crippen LogP contribution in [-0.4, -0.2) is 5.97 Å². The molecule has 0 aliphatic rings. The van der Waals surface area contributed by atoms with Crippen LogP contribution in [-0.2, 0) is 0 Å². The molecule has 120 valence electrons. The van der Waals surface area contributed by atoms with Crippen LogP contribution in [0.5, 0.6) is 5.75 Å². The molecule has 0 radical (unpaired) electrons. The SMILES string of the molecule is N#Cc1ccc(C(=O)Oc2ccc(N=Nc3ccccc3)cc2)cc1. The Kier molecular flexibility index (Phi) is 4.93. The first-order valence-electron chi connectivity index (χ1n) is 7.54. The zero-order chi connectivity index (χ0) is 17.5. The highest BCUT2D eigenvalue weighted by molar-refractivity contribution is 5.91. The zero-order valence-electron chi connectivity index (χ0n) is 13.2. The summed E-state index contributed by atoms with van der Waals surface area (Å²) < 4.78 is 5.30. The molecule has 5 nitrogen and oxygen atoms in total. The fourth-order valence-corrected chi connectivity index (χ4v) is 2.04. The van der Waals surface area contributed by atoms with E-state index in [0.29, 0.717) is 22.6 Å². The minimum absolute atomic E-state index is 0.381. The maximum Gasteiger partial charge on any atom is 0.343 e. The fraction of sp³-hybridized carbons (Fsp3) is 0. The van der Waals surface area contributed by atoms with Crippen molar-refractivity contribution in [2.45, 2.75) is 0 Å². The second-order valence-corrected chi connectivity index (χ2v) is 5.11. The van der Waals surface area contributed by atoms with Crippen molar-refractivity contribution in [2.75, 3.05) is 0 Å². The van der Waals surface area contributed by atoms with E-state index < -0.39 is 5.97 Å². The molecule has 0 saturated heterocycles. The Morgan fingerprint density at radius 3 is 2.00 bits per heavy atom. The van der Waals surface area contributed by atoms with Crippen molar-refractivity contribution in [3.63, 3.8) is 0 Å². The van der Waals surface area contributed by atoms with Gasteiger partial charge in [0.2, 0.25) is 0 Å². The summed E-state index contributed by atoms with van der Waals surface area (Å²) in [6.07, 6.45) is 0. The number of hydrogen-bond donors (Lipinski definition) is 0. The number of hydrogen-bond acceptors (Lipinski definition) is 5. The van der Waals surface area contributed by atoms with Gasteiger partial charge in [0.25, 0.3) is 0 Å². The van der Waals surface area contributed by atoms with Crippen molar-refractivity contribution in [2.24, 2.45) is 10.2 Å². The maximum atomic E-state index is 12.1. The number of benzene rings is 3. The van der Waals surface area contributed by atoms with E-state index in [1.165, 1.54) is 0 Å². The van der Waals surface area contributed by atoms with Crippen LogP contribution in [0.25, 0.3) is 0 Å². The van der Waals surface area contributed by atoms with Crippen LogP contribution in [0, 0.1) is 11.3 Å². The lowest BCUT2D eigenvalue weighted by molar-refractivity contribution is 0.0735. The smallest absolute Gasteiger partial charge is 0.343 e. The van der Waals surface area contributed by atoms with Crippen LogP contribution < -0.4 is 4.74 Å². The van der Waals surface area contributed by atoms with Crippen molar-refractivity contribution >= 4 is 17.3 Å². The summed E-state index contributed by atoms with van der Waals surface area (Å²) in [5, 5.41) is 17.0. The maximum absolute atomic E-state index is 12.1. The minimum Gasteiger partial charge on any atom is -0.423 e. The molecule has 25 heavy (non-hydrogen) atoms. The molecule has 0 aliphatic carbocycles. The minimum atomic E-state index is -0.483. The Hall–Kier alpha value is -3.78. The second kappa shape index (κ2) is 7.66. The standard InChI is InChI=1S/C20H13N3O2/c21-14-15-6-8-16(9-7-15)20(24)25-19-12-10-18(11-13-19)23-22-17-4-2-1-3-5-17/h1-13H. The molecule has 0 amide bonds. The average molecular weight is 327 g/mol. The molecule has 0 saturated carbocycles. The molecule has 3 rings (SSSR count). The summed E-state index contributed by atoms with van der Waals surface area (Å²) in [7, 11) is 0. The van der Waals surface area contributed by atoms with E-state index in [1.54, 1.807) is 48.5 Å². The Morgan fingerprint density at radius 1 is 0.800 bits per heavy atom.